The zero-order chi connectivity index (χ0) is 19.2. The Morgan fingerprint density at radius 3 is 2.31 bits per heavy atom. The molecule has 2 atom stereocenters. The Hall–Kier alpha value is -2.53. The van der Waals surface area contributed by atoms with E-state index in [1.165, 1.54) is 0 Å². The summed E-state index contributed by atoms with van der Waals surface area (Å²) in [6, 6.07) is 17.2. The van der Waals surface area contributed by atoms with Crippen molar-refractivity contribution in [1.29, 1.82) is 0 Å². The third kappa shape index (κ3) is 5.77. The van der Waals surface area contributed by atoms with Crippen molar-refractivity contribution in [2.45, 2.75) is 44.8 Å². The molecule has 0 aliphatic heterocycles. The molecule has 0 aliphatic carbocycles. The van der Waals surface area contributed by atoms with Gasteiger partial charge in [0, 0.05) is 11.6 Å². The van der Waals surface area contributed by atoms with E-state index in [0.717, 1.165) is 29.7 Å². The summed E-state index contributed by atoms with van der Waals surface area (Å²) in [5.74, 6) is -0.0669. The Bertz CT molecular complexity index is 699. The van der Waals surface area contributed by atoms with Gasteiger partial charge in [-0.25, -0.2) is 4.79 Å². The van der Waals surface area contributed by atoms with E-state index in [1.54, 1.807) is 0 Å². The van der Waals surface area contributed by atoms with E-state index in [4.69, 9.17) is 16.2 Å². The van der Waals surface area contributed by atoms with Gasteiger partial charge in [-0.3, -0.25) is 0 Å². The fourth-order valence-corrected chi connectivity index (χ4v) is 3.20. The number of anilines is 1. The topological polar surface area (TPSA) is 98.6 Å². The Labute approximate surface area is 155 Å². The normalized spacial score (nSPS) is 13.8. The molecule has 5 heteroatoms. The minimum absolute atomic E-state index is 0.0669. The lowest BCUT2D eigenvalue weighted by atomic mass is 9.80. The van der Waals surface area contributed by atoms with E-state index >= 15 is 0 Å². The number of carbonyl (C=O) groups is 1. The summed E-state index contributed by atoms with van der Waals surface area (Å²) >= 11 is 0. The van der Waals surface area contributed by atoms with Crippen LogP contribution in [0.2, 0.25) is 0 Å². The molecule has 5 nitrogen and oxygen atoms in total. The highest BCUT2D eigenvalue weighted by molar-refractivity contribution is 5.65. The molecule has 0 aliphatic rings. The number of rotatable bonds is 8. The summed E-state index contributed by atoms with van der Waals surface area (Å²) in [5, 5.41) is 10.6. The van der Waals surface area contributed by atoms with Crippen LogP contribution in [0.4, 0.5) is 10.5 Å². The van der Waals surface area contributed by atoms with Crippen molar-refractivity contribution in [2.75, 3.05) is 5.73 Å². The zero-order valence-corrected chi connectivity index (χ0v) is 15.4. The lowest BCUT2D eigenvalue weighted by Gasteiger charge is -2.35. The van der Waals surface area contributed by atoms with Gasteiger partial charge in [0.15, 0.2) is 0 Å². The van der Waals surface area contributed by atoms with E-state index < -0.39 is 17.8 Å². The number of primary amides is 1. The van der Waals surface area contributed by atoms with Crippen LogP contribution < -0.4 is 11.5 Å². The maximum Gasteiger partial charge on any atom is 0.405 e. The summed E-state index contributed by atoms with van der Waals surface area (Å²) in [7, 11) is 0. The fraction of sp³-hybridized carbons (Fsp3) is 0.381. The molecule has 0 spiro atoms. The van der Waals surface area contributed by atoms with Gasteiger partial charge in [-0.1, -0.05) is 42.5 Å². The van der Waals surface area contributed by atoms with E-state index in [2.05, 4.69) is 0 Å². The standard InChI is InChI=1S/C21H28N2O3/c1-21(2,26-20(23)25)17(11-8-15-9-12-18(22)13-10-15)14-19(24)16-6-4-3-5-7-16/h3-7,9-10,12-13,17,19,24H,8,11,14,22H2,1-2H3,(H2,23,25)/t17-,19-/m1/s1. The molecule has 0 saturated carbocycles. The maximum absolute atomic E-state index is 11.3. The summed E-state index contributed by atoms with van der Waals surface area (Å²) in [6.45, 7) is 3.67. The van der Waals surface area contributed by atoms with Gasteiger partial charge in [0.1, 0.15) is 5.60 Å². The third-order valence-electron chi connectivity index (χ3n) is 4.80. The zero-order valence-electron chi connectivity index (χ0n) is 15.4. The average Bonchev–Trinajstić information content (AvgIpc) is 2.59. The molecule has 0 aromatic heterocycles. The Morgan fingerprint density at radius 2 is 1.73 bits per heavy atom. The number of ether oxygens (including phenoxy) is 1. The van der Waals surface area contributed by atoms with Crippen LogP contribution in [0.1, 0.15) is 43.9 Å². The lowest BCUT2D eigenvalue weighted by Crippen LogP contribution is -2.39. The van der Waals surface area contributed by atoms with Gasteiger partial charge in [0.2, 0.25) is 0 Å². The van der Waals surface area contributed by atoms with Crippen molar-refractivity contribution >= 4 is 11.8 Å². The summed E-state index contributed by atoms with van der Waals surface area (Å²) < 4.78 is 5.35. The molecule has 0 unspecified atom stereocenters. The first kappa shape index (κ1) is 19.8. The van der Waals surface area contributed by atoms with E-state index in [9.17, 15) is 9.90 Å². The van der Waals surface area contributed by atoms with Crippen LogP contribution in [0.25, 0.3) is 0 Å². The van der Waals surface area contributed by atoms with Crippen LogP contribution in [0, 0.1) is 5.92 Å². The van der Waals surface area contributed by atoms with Gasteiger partial charge < -0.3 is 21.3 Å². The molecule has 140 valence electrons. The predicted octanol–water partition coefficient (Wildman–Crippen LogP) is 3.82. The Kier molecular flexibility index (Phi) is 6.64. The van der Waals surface area contributed by atoms with Crippen LogP contribution in [0.3, 0.4) is 0 Å². The largest absolute Gasteiger partial charge is 0.443 e. The highest BCUT2D eigenvalue weighted by atomic mass is 16.6. The molecule has 2 aromatic carbocycles. The number of benzene rings is 2. The van der Waals surface area contributed by atoms with Crippen molar-refractivity contribution in [2.24, 2.45) is 11.7 Å². The molecule has 0 radical (unpaired) electrons. The monoisotopic (exact) mass is 356 g/mol. The maximum atomic E-state index is 11.3. The van der Waals surface area contributed by atoms with Crippen molar-refractivity contribution in [3.63, 3.8) is 0 Å². The number of nitrogen functional groups attached to an aromatic ring is 1. The minimum atomic E-state index is -0.804. The second-order valence-electron chi connectivity index (χ2n) is 7.16. The predicted molar refractivity (Wildman–Crippen MR) is 103 cm³/mol. The van der Waals surface area contributed by atoms with Crippen LogP contribution in [-0.4, -0.2) is 16.8 Å². The molecule has 2 rings (SSSR count). The molecular weight excluding hydrogens is 328 g/mol. The summed E-state index contributed by atoms with van der Waals surface area (Å²) in [5.41, 5.74) is 12.9. The van der Waals surface area contributed by atoms with E-state index in [-0.39, 0.29) is 5.92 Å². The first-order chi connectivity index (χ1) is 12.3. The molecule has 0 bridgehead atoms. The lowest BCUT2D eigenvalue weighted by molar-refractivity contribution is -0.0232. The van der Waals surface area contributed by atoms with Crippen LogP contribution in [0.15, 0.2) is 54.6 Å². The second kappa shape index (κ2) is 8.72. The first-order valence-corrected chi connectivity index (χ1v) is 8.84. The molecular formula is C21H28N2O3. The quantitative estimate of drug-likeness (QED) is 0.626. The molecule has 0 fully saturated rings. The number of hydrogen-bond acceptors (Lipinski definition) is 4. The molecule has 0 saturated heterocycles. The molecule has 5 N–H and O–H groups in total. The van der Waals surface area contributed by atoms with Crippen LogP contribution in [-0.2, 0) is 11.2 Å². The van der Waals surface area contributed by atoms with Gasteiger partial charge in [-0.05, 0) is 56.4 Å². The fourth-order valence-electron chi connectivity index (χ4n) is 3.20. The number of carbonyl (C=O) groups excluding carboxylic acids is 1. The highest BCUT2D eigenvalue weighted by Gasteiger charge is 2.34. The van der Waals surface area contributed by atoms with Crippen molar-refractivity contribution in [3.05, 3.63) is 65.7 Å². The third-order valence-corrected chi connectivity index (χ3v) is 4.80. The van der Waals surface area contributed by atoms with Crippen LogP contribution >= 0.6 is 0 Å². The highest BCUT2D eigenvalue weighted by Crippen LogP contribution is 2.34. The van der Waals surface area contributed by atoms with E-state index in [1.807, 2.05) is 68.4 Å². The molecule has 1 amide bonds. The van der Waals surface area contributed by atoms with Crippen molar-refractivity contribution in [1.82, 2.24) is 0 Å². The van der Waals surface area contributed by atoms with Gasteiger partial charge in [-0.2, -0.15) is 0 Å². The first-order valence-electron chi connectivity index (χ1n) is 8.84. The summed E-state index contributed by atoms with van der Waals surface area (Å²) in [4.78, 5) is 11.3. The molecule has 0 heterocycles. The van der Waals surface area contributed by atoms with Gasteiger partial charge >= 0.3 is 6.09 Å². The minimum Gasteiger partial charge on any atom is -0.443 e. The van der Waals surface area contributed by atoms with E-state index in [0.29, 0.717) is 6.42 Å². The number of aliphatic hydroxyl groups excluding tert-OH is 1. The summed E-state index contributed by atoms with van der Waals surface area (Å²) in [6.07, 6.45) is 0.566. The SMILES string of the molecule is CC(C)(OC(N)=O)[C@H](CCc1ccc(N)cc1)C[C@@H](O)c1ccccc1. The smallest absolute Gasteiger partial charge is 0.405 e. The molecule has 26 heavy (non-hydrogen) atoms. The number of nitrogens with two attached hydrogens (primary N) is 2. The number of aryl methyl sites for hydroxylation is 1. The Balaban J connectivity index is 2.12. The Morgan fingerprint density at radius 1 is 1.12 bits per heavy atom. The van der Waals surface area contributed by atoms with Gasteiger partial charge in [0.05, 0.1) is 6.10 Å². The second-order valence-corrected chi connectivity index (χ2v) is 7.16. The van der Waals surface area contributed by atoms with Crippen molar-refractivity contribution < 1.29 is 14.6 Å². The van der Waals surface area contributed by atoms with Gasteiger partial charge in [-0.15, -0.1) is 0 Å². The molecule has 2 aromatic rings. The average molecular weight is 356 g/mol. The number of amides is 1. The van der Waals surface area contributed by atoms with Crippen LogP contribution in [0.5, 0.6) is 0 Å². The van der Waals surface area contributed by atoms with Crippen molar-refractivity contribution in [3.8, 4) is 0 Å². The number of hydrogen-bond donors (Lipinski definition) is 3. The number of aliphatic hydroxyl groups is 1. The van der Waals surface area contributed by atoms with Gasteiger partial charge in [0.25, 0.3) is 0 Å².